The Morgan fingerprint density at radius 2 is 1.65 bits per heavy atom. The van der Waals surface area contributed by atoms with Crippen molar-refractivity contribution in [2.45, 2.75) is 87.3 Å². The van der Waals surface area contributed by atoms with E-state index in [-0.39, 0.29) is 22.7 Å². The Balaban J connectivity index is 1.51. The number of nitrogens with one attached hydrogen (secondary N) is 2. The number of rotatable bonds is 9. The smallest absolute Gasteiger partial charge is 0.496 e. The average molecular weight is 673 g/mol. The highest BCUT2D eigenvalue weighted by Crippen LogP contribution is 2.39. The first-order valence-electron chi connectivity index (χ1n) is 14.9. The van der Waals surface area contributed by atoms with E-state index in [9.17, 15) is 45.5 Å². The molecule has 2 atom stereocenters. The first-order chi connectivity index (χ1) is 21.6. The third-order valence-corrected chi connectivity index (χ3v) is 10.2. The molecule has 2 aliphatic rings. The van der Waals surface area contributed by atoms with Gasteiger partial charge in [0.15, 0.2) is 11.6 Å². The van der Waals surface area contributed by atoms with E-state index in [1.165, 1.54) is 19.2 Å². The molecule has 4 rings (SSSR count). The lowest BCUT2D eigenvalue weighted by molar-refractivity contribution is -0.150. The number of methoxy groups -OCH3 is 1. The van der Waals surface area contributed by atoms with E-state index in [4.69, 9.17) is 9.47 Å². The summed E-state index contributed by atoms with van der Waals surface area (Å²) in [6.45, 7) is 1.65. The fourth-order valence-electron chi connectivity index (χ4n) is 5.86. The van der Waals surface area contributed by atoms with E-state index in [1.54, 1.807) is 6.92 Å². The predicted octanol–water partition coefficient (Wildman–Crippen LogP) is 5.86. The molecule has 0 radical (unpaired) electrons. The summed E-state index contributed by atoms with van der Waals surface area (Å²) in [6.07, 6.45) is 3.75. The number of alkyl halides is 3. The van der Waals surface area contributed by atoms with Crippen LogP contribution in [0.15, 0.2) is 41.3 Å². The van der Waals surface area contributed by atoms with Crippen LogP contribution in [0.25, 0.3) is 0 Å². The van der Waals surface area contributed by atoms with E-state index in [1.807, 2.05) is 0 Å². The van der Waals surface area contributed by atoms with Crippen molar-refractivity contribution in [3.63, 3.8) is 0 Å². The summed E-state index contributed by atoms with van der Waals surface area (Å²) in [7, 11) is -4.38. The van der Waals surface area contributed by atoms with Crippen molar-refractivity contribution in [3.05, 3.63) is 47.8 Å². The molecule has 0 bridgehead atoms. The lowest BCUT2D eigenvalue weighted by atomic mass is 9.75. The Morgan fingerprint density at radius 1 is 0.978 bits per heavy atom. The van der Waals surface area contributed by atoms with Crippen LogP contribution < -0.4 is 20.1 Å². The van der Waals surface area contributed by atoms with Crippen molar-refractivity contribution in [1.29, 1.82) is 0 Å². The number of hydrogen-bond donors (Lipinski definition) is 3. The lowest BCUT2D eigenvalue weighted by Gasteiger charge is -2.34. The molecule has 2 aromatic rings. The zero-order chi connectivity index (χ0) is 33.9. The Hall–Kier alpha value is -3.88. The third kappa shape index (κ3) is 7.73. The fourth-order valence-corrected chi connectivity index (χ4v) is 6.67. The van der Waals surface area contributed by atoms with Crippen LogP contribution in [0, 0.1) is 17.2 Å². The number of carboxylic acids is 1. The Labute approximate surface area is 263 Å². The highest BCUT2D eigenvalue weighted by atomic mass is 32.2. The Morgan fingerprint density at radius 3 is 2.28 bits per heavy atom. The number of carboxylic acid groups (broad SMARTS) is 1. The van der Waals surface area contributed by atoms with Gasteiger partial charge in [-0.2, -0.15) is 13.2 Å². The van der Waals surface area contributed by atoms with Gasteiger partial charge in [0.1, 0.15) is 5.75 Å². The summed E-state index contributed by atoms with van der Waals surface area (Å²) in [4.78, 5) is 37.5. The van der Waals surface area contributed by atoms with Crippen molar-refractivity contribution in [2.24, 2.45) is 11.3 Å². The first kappa shape index (κ1) is 35.0. The molecule has 252 valence electrons. The molecule has 2 fully saturated rings. The van der Waals surface area contributed by atoms with Gasteiger partial charge in [0.2, 0.25) is 5.91 Å². The number of aliphatic carboxylic acids is 1. The molecule has 10 nitrogen and oxygen atoms in total. The van der Waals surface area contributed by atoms with Gasteiger partial charge in [-0.05, 0) is 69.7 Å². The van der Waals surface area contributed by atoms with E-state index in [2.05, 4.69) is 10.6 Å². The van der Waals surface area contributed by atoms with Crippen LogP contribution in [0.4, 0.5) is 23.2 Å². The minimum Gasteiger partial charge on any atom is -0.496 e. The summed E-state index contributed by atoms with van der Waals surface area (Å²) in [5.41, 5.74) is -6.62. The standard InChI is InChI=1S/C31H36F4N2O8S/c1-30(29(40)41)13-11-19(12-14-30)45-26-16-22(25(44-2)17-23(26)32)28(39)37-24-10-5-3-4-9-21(24)27(38)36-18-7-6-8-20(15-18)46(42,43)31(33,34)35/h6-8,15-17,19,21,24H,3-5,9-14H2,1-2H3,(H,36,38)(H,37,39)(H,40,41)/t19-,21-,24?,30+/m1/s1. The maximum atomic E-state index is 15.0. The molecule has 0 saturated heterocycles. The van der Waals surface area contributed by atoms with Gasteiger partial charge in [0.25, 0.3) is 15.7 Å². The van der Waals surface area contributed by atoms with Crippen LogP contribution in [0.2, 0.25) is 0 Å². The van der Waals surface area contributed by atoms with Crippen LogP contribution in [0.1, 0.15) is 75.1 Å². The lowest BCUT2D eigenvalue weighted by Crippen LogP contribution is -2.44. The van der Waals surface area contributed by atoms with Gasteiger partial charge in [-0.3, -0.25) is 14.4 Å². The second-order valence-electron chi connectivity index (χ2n) is 12.0. The Kier molecular flexibility index (Phi) is 10.5. The topological polar surface area (TPSA) is 148 Å². The molecule has 0 spiro atoms. The fraction of sp³-hybridized carbons (Fsp3) is 0.516. The number of anilines is 1. The quantitative estimate of drug-likeness (QED) is 0.222. The molecule has 15 heteroatoms. The van der Waals surface area contributed by atoms with Gasteiger partial charge in [-0.25, -0.2) is 12.8 Å². The van der Waals surface area contributed by atoms with Crippen LogP contribution >= 0.6 is 0 Å². The van der Waals surface area contributed by atoms with Gasteiger partial charge >= 0.3 is 11.5 Å². The normalized spacial score (nSPS) is 23.9. The highest BCUT2D eigenvalue weighted by molar-refractivity contribution is 7.92. The van der Waals surface area contributed by atoms with E-state index in [0.29, 0.717) is 51.4 Å². The maximum absolute atomic E-state index is 15.0. The van der Waals surface area contributed by atoms with Crippen LogP contribution in [-0.2, 0) is 19.4 Å². The average Bonchev–Trinajstić information content (AvgIpc) is 3.24. The second kappa shape index (κ2) is 13.9. The zero-order valence-electron chi connectivity index (χ0n) is 25.3. The number of halogens is 4. The number of benzene rings is 2. The van der Waals surface area contributed by atoms with Gasteiger partial charge in [-0.1, -0.05) is 25.3 Å². The van der Waals surface area contributed by atoms with Gasteiger partial charge in [-0.15, -0.1) is 0 Å². The van der Waals surface area contributed by atoms with Gasteiger partial charge < -0.3 is 25.2 Å². The summed E-state index contributed by atoms with van der Waals surface area (Å²) in [6, 6.07) is 5.34. The number of carbonyl (C=O) groups excluding carboxylic acids is 2. The van der Waals surface area contributed by atoms with Crippen molar-refractivity contribution in [1.82, 2.24) is 5.32 Å². The second-order valence-corrected chi connectivity index (χ2v) is 13.9. The molecule has 0 heterocycles. The highest BCUT2D eigenvalue weighted by Gasteiger charge is 2.47. The summed E-state index contributed by atoms with van der Waals surface area (Å²) >= 11 is 0. The van der Waals surface area contributed by atoms with Gasteiger partial charge in [0, 0.05) is 17.8 Å². The molecular weight excluding hydrogens is 636 g/mol. The molecule has 1 unspecified atom stereocenters. The summed E-state index contributed by atoms with van der Waals surface area (Å²) < 4.78 is 89.0. The van der Waals surface area contributed by atoms with E-state index < -0.39 is 67.3 Å². The van der Waals surface area contributed by atoms with E-state index >= 15 is 0 Å². The SMILES string of the molecule is COc1cc(F)c(O[C@H]2CC[C@@](C)(C(=O)O)CC2)cc1C(=O)NC1CCCCC[C@H]1C(=O)Nc1cccc(S(=O)(=O)C(F)(F)F)c1. The minimum absolute atomic E-state index is 0.0569. The number of ether oxygens (including phenoxy) is 2. The molecule has 3 N–H and O–H groups in total. The third-order valence-electron chi connectivity index (χ3n) is 8.73. The van der Waals surface area contributed by atoms with Gasteiger partial charge in [0.05, 0.1) is 35.0 Å². The number of hydrogen-bond acceptors (Lipinski definition) is 7. The van der Waals surface area contributed by atoms with Crippen LogP contribution in [-0.4, -0.2) is 56.1 Å². The number of sulfone groups is 1. The number of carbonyl (C=O) groups is 3. The predicted molar refractivity (Wildman–Crippen MR) is 158 cm³/mol. The molecule has 0 aliphatic heterocycles. The number of amides is 2. The molecular formula is C31H36F4N2O8S. The molecule has 46 heavy (non-hydrogen) atoms. The molecule has 2 aromatic carbocycles. The molecule has 2 amide bonds. The molecule has 0 aromatic heterocycles. The Bertz CT molecular complexity index is 1570. The largest absolute Gasteiger partial charge is 0.501 e. The zero-order valence-corrected chi connectivity index (χ0v) is 26.1. The van der Waals surface area contributed by atoms with Crippen molar-refractivity contribution in [2.75, 3.05) is 12.4 Å². The van der Waals surface area contributed by atoms with E-state index in [0.717, 1.165) is 30.7 Å². The molecule has 2 aliphatic carbocycles. The minimum atomic E-state index is -5.63. The summed E-state index contributed by atoms with van der Waals surface area (Å²) in [5, 5.41) is 14.8. The summed E-state index contributed by atoms with van der Waals surface area (Å²) in [5.74, 6) is -4.08. The van der Waals surface area contributed by atoms with Crippen LogP contribution in [0.5, 0.6) is 11.5 Å². The maximum Gasteiger partial charge on any atom is 0.501 e. The first-order valence-corrected chi connectivity index (χ1v) is 16.3. The van der Waals surface area contributed by atoms with Crippen LogP contribution in [0.3, 0.4) is 0 Å². The monoisotopic (exact) mass is 672 g/mol. The van der Waals surface area contributed by atoms with Crippen molar-refractivity contribution in [3.8, 4) is 11.5 Å². The molecule has 2 saturated carbocycles. The van der Waals surface area contributed by atoms with Crippen molar-refractivity contribution < 1.29 is 54.9 Å². The van der Waals surface area contributed by atoms with Crippen molar-refractivity contribution >= 4 is 33.3 Å².